The standard InChI is InChI=1S/C18H28N4O2.HI/c1-22-9-6-14(7-10-22)5-8-20-18(19)21-15-3-4-16-17(13-15)24-12-2-11-23-16;/h3-4,13-14H,2,5-12H2,1H3,(H3,19,20,21);1H. The third kappa shape index (κ3) is 6.22. The van der Waals surface area contributed by atoms with Gasteiger partial charge in [0.05, 0.1) is 13.2 Å². The molecule has 1 aromatic rings. The molecule has 0 amide bonds. The van der Waals surface area contributed by atoms with Gasteiger partial charge in [0.15, 0.2) is 17.5 Å². The van der Waals surface area contributed by atoms with Crippen LogP contribution in [0.2, 0.25) is 0 Å². The van der Waals surface area contributed by atoms with Crippen LogP contribution < -0.4 is 20.5 Å². The minimum Gasteiger partial charge on any atom is -0.490 e. The number of fused-ring (bicyclic) bond motifs is 1. The average Bonchev–Trinajstić information content (AvgIpc) is 2.81. The first kappa shape index (κ1) is 20.1. The van der Waals surface area contributed by atoms with Crippen LogP contribution in [0.15, 0.2) is 23.2 Å². The smallest absolute Gasteiger partial charge is 0.193 e. The van der Waals surface area contributed by atoms with E-state index >= 15 is 0 Å². The van der Waals surface area contributed by atoms with Gasteiger partial charge in [0, 0.05) is 24.7 Å². The first-order chi connectivity index (χ1) is 11.7. The van der Waals surface area contributed by atoms with Crippen LogP contribution in [0.5, 0.6) is 11.5 Å². The summed E-state index contributed by atoms with van der Waals surface area (Å²) in [7, 11) is 2.19. The zero-order valence-electron chi connectivity index (χ0n) is 14.9. The van der Waals surface area contributed by atoms with Gasteiger partial charge in [-0.15, -0.1) is 24.0 Å². The molecule has 0 radical (unpaired) electrons. The van der Waals surface area contributed by atoms with Crippen LogP contribution in [0.4, 0.5) is 5.69 Å². The van der Waals surface area contributed by atoms with Gasteiger partial charge in [0.25, 0.3) is 0 Å². The van der Waals surface area contributed by atoms with E-state index in [0.717, 1.165) is 42.5 Å². The number of nitrogens with zero attached hydrogens (tertiary/aromatic N) is 2. The predicted molar refractivity (Wildman–Crippen MR) is 112 cm³/mol. The highest BCUT2D eigenvalue weighted by Gasteiger charge is 2.16. The van der Waals surface area contributed by atoms with E-state index in [2.05, 4.69) is 22.3 Å². The molecule has 0 saturated carbocycles. The summed E-state index contributed by atoms with van der Waals surface area (Å²) in [4.78, 5) is 6.85. The Kier molecular flexibility index (Phi) is 8.08. The number of likely N-dealkylation sites (tertiary alicyclic amines) is 1. The van der Waals surface area contributed by atoms with Gasteiger partial charge >= 0.3 is 0 Å². The van der Waals surface area contributed by atoms with Gasteiger partial charge in [-0.05, 0) is 57.5 Å². The maximum absolute atomic E-state index is 6.01. The molecular weight excluding hydrogens is 431 g/mol. The lowest BCUT2D eigenvalue weighted by molar-refractivity contribution is 0.214. The molecule has 2 aliphatic heterocycles. The Labute approximate surface area is 167 Å². The van der Waals surface area contributed by atoms with Crippen molar-refractivity contribution in [2.75, 3.05) is 45.2 Å². The molecule has 1 fully saturated rings. The SMILES string of the molecule is CN1CCC(CCN=C(N)Nc2ccc3c(c2)OCCCO3)CC1.I. The van der Waals surface area contributed by atoms with Crippen molar-refractivity contribution in [2.24, 2.45) is 16.6 Å². The Morgan fingerprint density at radius 2 is 1.96 bits per heavy atom. The van der Waals surface area contributed by atoms with Crippen LogP contribution >= 0.6 is 24.0 Å². The highest BCUT2D eigenvalue weighted by molar-refractivity contribution is 14.0. The van der Waals surface area contributed by atoms with Gasteiger partial charge in [-0.1, -0.05) is 0 Å². The fourth-order valence-corrected chi connectivity index (χ4v) is 3.15. The molecule has 0 aliphatic carbocycles. The molecule has 25 heavy (non-hydrogen) atoms. The molecule has 2 heterocycles. The Bertz CT molecular complexity index is 574. The number of anilines is 1. The zero-order chi connectivity index (χ0) is 16.8. The van der Waals surface area contributed by atoms with Gasteiger partial charge in [-0.2, -0.15) is 0 Å². The van der Waals surface area contributed by atoms with E-state index in [1.807, 2.05) is 18.2 Å². The Morgan fingerprint density at radius 1 is 1.24 bits per heavy atom. The van der Waals surface area contributed by atoms with E-state index in [4.69, 9.17) is 15.2 Å². The van der Waals surface area contributed by atoms with Crippen LogP contribution in [-0.4, -0.2) is 50.8 Å². The molecule has 0 atom stereocenters. The van der Waals surface area contributed by atoms with Gasteiger partial charge in [0.2, 0.25) is 0 Å². The van der Waals surface area contributed by atoms with Crippen LogP contribution in [-0.2, 0) is 0 Å². The molecule has 0 spiro atoms. The first-order valence-electron chi connectivity index (χ1n) is 8.86. The second-order valence-corrected chi connectivity index (χ2v) is 6.64. The van der Waals surface area contributed by atoms with Crippen LogP contribution in [0.25, 0.3) is 0 Å². The molecule has 0 aromatic heterocycles. The third-order valence-corrected chi connectivity index (χ3v) is 4.68. The van der Waals surface area contributed by atoms with Crippen LogP contribution in [0.1, 0.15) is 25.7 Å². The maximum Gasteiger partial charge on any atom is 0.193 e. The second-order valence-electron chi connectivity index (χ2n) is 6.64. The largest absolute Gasteiger partial charge is 0.490 e. The lowest BCUT2D eigenvalue weighted by Crippen LogP contribution is -2.30. The van der Waals surface area contributed by atoms with E-state index < -0.39 is 0 Å². The lowest BCUT2D eigenvalue weighted by Gasteiger charge is -2.28. The van der Waals surface area contributed by atoms with Crippen LogP contribution in [0.3, 0.4) is 0 Å². The highest BCUT2D eigenvalue weighted by atomic mass is 127. The van der Waals surface area contributed by atoms with Crippen molar-refractivity contribution < 1.29 is 9.47 Å². The van der Waals surface area contributed by atoms with Gasteiger partial charge in [-0.3, -0.25) is 4.99 Å². The fourth-order valence-electron chi connectivity index (χ4n) is 3.15. The highest BCUT2D eigenvalue weighted by Crippen LogP contribution is 2.32. The van der Waals surface area contributed by atoms with E-state index in [1.54, 1.807) is 0 Å². The zero-order valence-corrected chi connectivity index (χ0v) is 17.2. The predicted octanol–water partition coefficient (Wildman–Crippen LogP) is 2.92. The number of guanidine groups is 1. The van der Waals surface area contributed by atoms with Crippen molar-refractivity contribution in [3.05, 3.63) is 18.2 Å². The third-order valence-electron chi connectivity index (χ3n) is 4.68. The van der Waals surface area contributed by atoms with Gasteiger partial charge in [-0.25, -0.2) is 0 Å². The van der Waals surface area contributed by atoms with Gasteiger partial charge < -0.3 is 25.4 Å². The normalized spacial score (nSPS) is 19.0. The fraction of sp³-hybridized carbons (Fsp3) is 0.611. The summed E-state index contributed by atoms with van der Waals surface area (Å²) in [6.07, 6.45) is 4.54. The summed E-state index contributed by atoms with van der Waals surface area (Å²) in [5.41, 5.74) is 6.88. The van der Waals surface area contributed by atoms with E-state index in [9.17, 15) is 0 Å². The molecule has 3 rings (SSSR count). The number of halogens is 1. The van der Waals surface area contributed by atoms with Crippen molar-refractivity contribution in [2.45, 2.75) is 25.7 Å². The monoisotopic (exact) mass is 460 g/mol. The van der Waals surface area contributed by atoms with Crippen LogP contribution in [0, 0.1) is 5.92 Å². The van der Waals surface area contributed by atoms with E-state index in [0.29, 0.717) is 19.2 Å². The molecule has 1 saturated heterocycles. The van der Waals surface area contributed by atoms with E-state index in [-0.39, 0.29) is 24.0 Å². The summed E-state index contributed by atoms with van der Waals surface area (Å²) in [5, 5.41) is 3.14. The molecule has 6 nitrogen and oxygen atoms in total. The quantitative estimate of drug-likeness (QED) is 0.411. The van der Waals surface area contributed by atoms with Crippen molar-refractivity contribution in [3.63, 3.8) is 0 Å². The first-order valence-corrected chi connectivity index (χ1v) is 8.86. The van der Waals surface area contributed by atoms with Crippen molar-refractivity contribution in [1.82, 2.24) is 4.90 Å². The Hall–Kier alpha value is -1.22. The number of benzene rings is 1. The summed E-state index contributed by atoms with van der Waals surface area (Å²) < 4.78 is 11.3. The van der Waals surface area contributed by atoms with Crippen molar-refractivity contribution in [1.29, 1.82) is 0 Å². The second kappa shape index (κ2) is 10.1. The molecule has 0 bridgehead atoms. The number of nitrogens with one attached hydrogen (secondary N) is 1. The minimum atomic E-state index is 0. The summed E-state index contributed by atoms with van der Waals surface area (Å²) in [6, 6.07) is 5.77. The number of ether oxygens (including phenoxy) is 2. The number of hydrogen-bond acceptors (Lipinski definition) is 4. The molecule has 140 valence electrons. The Morgan fingerprint density at radius 3 is 2.72 bits per heavy atom. The number of piperidine rings is 1. The maximum atomic E-state index is 6.01. The molecule has 1 aromatic carbocycles. The molecule has 0 unspecified atom stereocenters. The average molecular weight is 460 g/mol. The number of nitrogens with two attached hydrogens (primary N) is 1. The van der Waals surface area contributed by atoms with Crippen molar-refractivity contribution >= 4 is 35.6 Å². The number of aliphatic imine (C=N–C) groups is 1. The molecule has 3 N–H and O–H groups in total. The molecular formula is C18H29IN4O2. The van der Waals surface area contributed by atoms with Crippen molar-refractivity contribution in [3.8, 4) is 11.5 Å². The molecule has 2 aliphatic rings. The number of rotatable bonds is 4. The number of hydrogen-bond donors (Lipinski definition) is 2. The summed E-state index contributed by atoms with van der Waals surface area (Å²) in [5.74, 6) is 2.78. The summed E-state index contributed by atoms with van der Waals surface area (Å²) in [6.45, 7) is 4.54. The lowest BCUT2D eigenvalue weighted by atomic mass is 9.94. The van der Waals surface area contributed by atoms with Gasteiger partial charge in [0.1, 0.15) is 0 Å². The molecule has 7 heteroatoms. The topological polar surface area (TPSA) is 72.1 Å². The van der Waals surface area contributed by atoms with E-state index in [1.165, 1.54) is 25.9 Å². The minimum absolute atomic E-state index is 0. The Balaban J connectivity index is 0.00000225. The summed E-state index contributed by atoms with van der Waals surface area (Å²) >= 11 is 0.